The first-order chi connectivity index (χ1) is 19.4. The minimum Gasteiger partial charge on any atom is -0.495 e. The van der Waals surface area contributed by atoms with Crippen LogP contribution in [0, 0.1) is 5.41 Å². The number of aromatic nitrogens is 2. The van der Waals surface area contributed by atoms with Crippen LogP contribution < -0.4 is 20.7 Å². The van der Waals surface area contributed by atoms with Crippen LogP contribution in [-0.2, 0) is 12.8 Å². The van der Waals surface area contributed by atoms with Gasteiger partial charge in [-0.05, 0) is 75.1 Å². The highest BCUT2D eigenvalue weighted by Gasteiger charge is 2.25. The van der Waals surface area contributed by atoms with Crippen molar-refractivity contribution in [1.29, 1.82) is 5.41 Å². The van der Waals surface area contributed by atoms with E-state index in [0.717, 1.165) is 60.4 Å². The lowest BCUT2D eigenvalue weighted by molar-refractivity contribution is 0.0916. The van der Waals surface area contributed by atoms with Crippen LogP contribution in [0.2, 0.25) is 0 Å². The molecule has 1 aliphatic carbocycles. The van der Waals surface area contributed by atoms with Gasteiger partial charge in [-0.1, -0.05) is 30.3 Å². The predicted octanol–water partition coefficient (Wildman–Crippen LogP) is 4.19. The number of carbonyl (C=O) groups is 1. The smallest absolute Gasteiger partial charge is 0.251 e. The predicted molar refractivity (Wildman–Crippen MR) is 158 cm³/mol. The normalized spacial score (nSPS) is 17.1. The van der Waals surface area contributed by atoms with Crippen molar-refractivity contribution in [2.75, 3.05) is 39.6 Å². The Morgan fingerprint density at radius 2 is 1.90 bits per heavy atom. The van der Waals surface area contributed by atoms with Gasteiger partial charge >= 0.3 is 0 Å². The van der Waals surface area contributed by atoms with Gasteiger partial charge in [0, 0.05) is 48.3 Å². The van der Waals surface area contributed by atoms with Crippen molar-refractivity contribution < 1.29 is 9.53 Å². The van der Waals surface area contributed by atoms with Crippen LogP contribution in [0.25, 0.3) is 5.57 Å². The zero-order valence-corrected chi connectivity index (χ0v) is 23.4. The van der Waals surface area contributed by atoms with Gasteiger partial charge in [0.2, 0.25) is 5.95 Å². The van der Waals surface area contributed by atoms with Crippen LogP contribution in [0.15, 0.2) is 60.4 Å². The Bertz CT molecular complexity index is 1410. The Kier molecular flexibility index (Phi) is 8.40. The second-order valence-electron chi connectivity index (χ2n) is 10.4. The van der Waals surface area contributed by atoms with E-state index in [1.54, 1.807) is 19.2 Å². The molecule has 2 heterocycles. The maximum Gasteiger partial charge on any atom is 0.251 e. The molecule has 5 rings (SSSR count). The zero-order chi connectivity index (χ0) is 28.1. The minimum atomic E-state index is -0.101. The summed E-state index contributed by atoms with van der Waals surface area (Å²) in [4.78, 5) is 24.6. The molecule has 2 aliphatic rings. The molecule has 2 aromatic carbocycles. The van der Waals surface area contributed by atoms with Crippen molar-refractivity contribution >= 4 is 28.8 Å². The average molecular weight is 540 g/mol. The fourth-order valence-corrected chi connectivity index (χ4v) is 5.30. The molecule has 1 fully saturated rings. The van der Waals surface area contributed by atoms with Crippen molar-refractivity contribution in [3.05, 3.63) is 82.8 Å². The Labute approximate surface area is 235 Å². The number of amides is 1. The van der Waals surface area contributed by atoms with Crippen molar-refractivity contribution in [1.82, 2.24) is 25.5 Å². The summed E-state index contributed by atoms with van der Waals surface area (Å²) in [6.07, 6.45) is 5.78. The van der Waals surface area contributed by atoms with Crippen molar-refractivity contribution in [3.63, 3.8) is 0 Å². The van der Waals surface area contributed by atoms with Gasteiger partial charge in [0.05, 0.1) is 18.5 Å². The van der Waals surface area contributed by atoms with Crippen molar-refractivity contribution in [3.8, 4) is 5.75 Å². The molecule has 1 saturated heterocycles. The molecule has 0 bridgehead atoms. The summed E-state index contributed by atoms with van der Waals surface area (Å²) in [7, 11) is 5.58. The van der Waals surface area contributed by atoms with E-state index in [0.29, 0.717) is 41.5 Å². The SMILES string of the molecule is CN/C(Cc1ccccc1)=C1\C(=N)CCc2cnc(Nc3ccc(C(=O)NC4CCN(C)CC4)cc3OC)nc21. The van der Waals surface area contributed by atoms with Crippen LogP contribution >= 0.6 is 0 Å². The summed E-state index contributed by atoms with van der Waals surface area (Å²) in [5.74, 6) is 0.833. The molecule has 9 heteroatoms. The number of nitrogens with one attached hydrogen (secondary N) is 4. The number of piperidine rings is 1. The molecule has 4 N–H and O–H groups in total. The molecule has 0 unspecified atom stereocenters. The summed E-state index contributed by atoms with van der Waals surface area (Å²) in [6.45, 7) is 1.96. The van der Waals surface area contributed by atoms with E-state index in [9.17, 15) is 4.79 Å². The summed E-state index contributed by atoms with van der Waals surface area (Å²) >= 11 is 0. The van der Waals surface area contributed by atoms with Gasteiger partial charge in [-0.15, -0.1) is 0 Å². The van der Waals surface area contributed by atoms with Crippen molar-refractivity contribution in [2.24, 2.45) is 0 Å². The van der Waals surface area contributed by atoms with E-state index in [2.05, 4.69) is 45.0 Å². The van der Waals surface area contributed by atoms with Gasteiger partial charge in [0.1, 0.15) is 5.75 Å². The Morgan fingerprint density at radius 1 is 1.12 bits per heavy atom. The van der Waals surface area contributed by atoms with Crippen LogP contribution in [0.5, 0.6) is 5.75 Å². The van der Waals surface area contributed by atoms with Gasteiger partial charge in [-0.25, -0.2) is 9.97 Å². The fourth-order valence-electron chi connectivity index (χ4n) is 5.30. The molecule has 0 spiro atoms. The third-order valence-corrected chi connectivity index (χ3v) is 7.64. The maximum atomic E-state index is 12.9. The van der Waals surface area contributed by atoms with Crippen LogP contribution in [-0.4, -0.2) is 66.8 Å². The number of ether oxygens (including phenoxy) is 1. The molecule has 0 saturated carbocycles. The summed E-state index contributed by atoms with van der Waals surface area (Å²) in [5, 5.41) is 18.5. The first-order valence-electron chi connectivity index (χ1n) is 13.8. The number of nitrogens with zero attached hydrogens (tertiary/aromatic N) is 3. The molecule has 9 nitrogen and oxygen atoms in total. The molecule has 208 valence electrons. The van der Waals surface area contributed by atoms with E-state index in [1.807, 2.05) is 37.5 Å². The van der Waals surface area contributed by atoms with E-state index >= 15 is 0 Å². The van der Waals surface area contributed by atoms with Gasteiger partial charge in [-0.3, -0.25) is 4.79 Å². The molecule has 0 atom stereocenters. The number of rotatable bonds is 8. The lowest BCUT2D eigenvalue weighted by Gasteiger charge is -2.29. The third-order valence-electron chi connectivity index (χ3n) is 7.64. The third kappa shape index (κ3) is 6.15. The quantitative estimate of drug-likeness (QED) is 0.339. The Morgan fingerprint density at radius 3 is 2.62 bits per heavy atom. The molecular weight excluding hydrogens is 502 g/mol. The topological polar surface area (TPSA) is 115 Å². The number of benzene rings is 2. The van der Waals surface area contributed by atoms with E-state index in [1.165, 1.54) is 0 Å². The van der Waals surface area contributed by atoms with Crippen LogP contribution in [0.3, 0.4) is 0 Å². The number of carbonyl (C=O) groups excluding carboxylic acids is 1. The second-order valence-corrected chi connectivity index (χ2v) is 10.4. The largest absolute Gasteiger partial charge is 0.495 e. The van der Waals surface area contributed by atoms with Crippen LogP contribution in [0.1, 0.15) is 46.4 Å². The van der Waals surface area contributed by atoms with E-state index in [4.69, 9.17) is 15.1 Å². The first-order valence-corrected chi connectivity index (χ1v) is 13.8. The van der Waals surface area contributed by atoms with E-state index < -0.39 is 0 Å². The monoisotopic (exact) mass is 539 g/mol. The molecule has 40 heavy (non-hydrogen) atoms. The minimum absolute atomic E-state index is 0.101. The van der Waals surface area contributed by atoms with Gasteiger partial charge in [0.25, 0.3) is 5.91 Å². The number of hydrogen-bond acceptors (Lipinski definition) is 8. The van der Waals surface area contributed by atoms with Gasteiger partial charge in [0.15, 0.2) is 0 Å². The molecule has 0 radical (unpaired) electrons. The molecule has 3 aromatic rings. The highest BCUT2D eigenvalue weighted by Crippen LogP contribution is 2.32. The number of aryl methyl sites for hydroxylation is 1. The molecule has 1 amide bonds. The highest BCUT2D eigenvalue weighted by atomic mass is 16.5. The Hall–Kier alpha value is -4.24. The van der Waals surface area contributed by atoms with Gasteiger partial charge in [-0.2, -0.15) is 0 Å². The molecule has 1 aliphatic heterocycles. The lowest BCUT2D eigenvalue weighted by atomic mass is 9.88. The lowest BCUT2D eigenvalue weighted by Crippen LogP contribution is -2.43. The number of anilines is 2. The standard InChI is InChI=1S/C31H37N7O2/c1-33-26(17-20-7-5-4-6-8-20)28-24(32)11-9-22-19-34-31(37-29(22)28)36-25-12-10-21(18-27(25)40-3)30(39)35-23-13-15-38(2)16-14-23/h4-8,10,12,18-19,23,32-33H,9,11,13-17H2,1-3H3,(H,35,39)(H,34,36,37)/b28-26+,32-24?. The number of hydrogen-bond donors (Lipinski definition) is 4. The number of likely N-dealkylation sites (N-methyl/N-ethyl adjacent to an activating group) is 1. The number of likely N-dealkylation sites (tertiary alicyclic amines) is 1. The average Bonchev–Trinajstić information content (AvgIpc) is 2.98. The zero-order valence-electron chi connectivity index (χ0n) is 23.4. The number of fused-ring (bicyclic) bond motifs is 1. The highest BCUT2D eigenvalue weighted by molar-refractivity contribution is 6.24. The van der Waals surface area contributed by atoms with Crippen molar-refractivity contribution in [2.45, 2.75) is 38.1 Å². The van der Waals surface area contributed by atoms with E-state index in [-0.39, 0.29) is 11.9 Å². The first kappa shape index (κ1) is 27.3. The molecular formula is C31H37N7O2. The second kappa shape index (κ2) is 12.3. The fraction of sp³-hybridized carbons (Fsp3) is 0.355. The summed E-state index contributed by atoms with van der Waals surface area (Å²) in [6, 6.07) is 15.7. The summed E-state index contributed by atoms with van der Waals surface area (Å²) in [5.41, 5.74) is 6.50. The summed E-state index contributed by atoms with van der Waals surface area (Å²) < 4.78 is 5.63. The number of methoxy groups -OCH3 is 1. The molecule has 1 aromatic heterocycles. The number of allylic oxidation sites excluding steroid dienone is 2. The Balaban J connectivity index is 1.38. The van der Waals surface area contributed by atoms with Gasteiger partial charge < -0.3 is 31.0 Å². The maximum absolute atomic E-state index is 12.9. The van der Waals surface area contributed by atoms with Crippen LogP contribution in [0.4, 0.5) is 11.6 Å².